The Labute approximate surface area is 207 Å². The number of amidine groups is 1. The molecule has 0 atom stereocenters. The highest BCUT2D eigenvalue weighted by molar-refractivity contribution is 8.18. The van der Waals surface area contributed by atoms with Crippen molar-refractivity contribution in [1.29, 1.82) is 0 Å². The fraction of sp³-hybridized carbons (Fsp3) is 0.125. The molecule has 1 aliphatic rings. The van der Waals surface area contributed by atoms with E-state index in [-0.39, 0.29) is 23.0 Å². The van der Waals surface area contributed by atoms with Gasteiger partial charge in [-0.05, 0) is 66.4 Å². The summed E-state index contributed by atoms with van der Waals surface area (Å²) in [4.78, 5) is 30.4. The van der Waals surface area contributed by atoms with Gasteiger partial charge in [0.25, 0.3) is 5.91 Å². The van der Waals surface area contributed by atoms with E-state index in [0.29, 0.717) is 21.3 Å². The molecule has 1 fully saturated rings. The van der Waals surface area contributed by atoms with Crippen LogP contribution in [0.1, 0.15) is 21.7 Å². The van der Waals surface area contributed by atoms with Gasteiger partial charge >= 0.3 is 12.1 Å². The predicted octanol–water partition coefficient (Wildman–Crippen LogP) is 6.64. The second-order valence-corrected chi connectivity index (χ2v) is 8.72. The first-order chi connectivity index (χ1) is 16.6. The second kappa shape index (κ2) is 9.63. The number of rotatable bonds is 4. The lowest BCUT2D eigenvalue weighted by molar-refractivity contribution is -0.137. The lowest BCUT2D eigenvalue weighted by Gasteiger charge is -2.09. The molecule has 4 rings (SSSR count). The molecule has 2 heterocycles. The number of nitrogens with zero attached hydrogens (tertiary/aromatic N) is 2. The number of alkyl halides is 3. The molecule has 0 unspecified atom stereocenters. The molecule has 1 saturated heterocycles. The van der Waals surface area contributed by atoms with Crippen LogP contribution in [0.2, 0.25) is 5.02 Å². The quantitative estimate of drug-likeness (QED) is 0.285. The van der Waals surface area contributed by atoms with Crippen LogP contribution in [0.25, 0.3) is 17.4 Å². The minimum absolute atomic E-state index is 0.197. The van der Waals surface area contributed by atoms with Crippen LogP contribution in [-0.2, 0) is 15.7 Å². The number of esters is 1. The molecule has 2 aromatic carbocycles. The zero-order valence-corrected chi connectivity index (χ0v) is 19.8. The Morgan fingerprint density at radius 2 is 1.86 bits per heavy atom. The van der Waals surface area contributed by atoms with Crippen molar-refractivity contribution >= 4 is 52.2 Å². The summed E-state index contributed by atoms with van der Waals surface area (Å²) < 4.78 is 49.8. The summed E-state index contributed by atoms with van der Waals surface area (Å²) in [6.07, 6.45) is -3.10. The number of carbonyl (C=O) groups excluding carboxylic acids is 2. The maximum atomic E-state index is 13.2. The summed E-state index contributed by atoms with van der Waals surface area (Å²) in [5, 5.41) is 0.00394. The van der Waals surface area contributed by atoms with Crippen molar-refractivity contribution in [2.24, 2.45) is 4.99 Å². The molecule has 35 heavy (non-hydrogen) atoms. The number of amides is 1. The van der Waals surface area contributed by atoms with Gasteiger partial charge in [0.2, 0.25) is 0 Å². The normalized spacial score (nSPS) is 16.4. The average molecular weight is 521 g/mol. The van der Waals surface area contributed by atoms with Crippen molar-refractivity contribution in [3.8, 4) is 11.3 Å². The van der Waals surface area contributed by atoms with Crippen LogP contribution in [0.4, 0.5) is 18.9 Å². The minimum Gasteiger partial charge on any atom is -0.465 e. The summed E-state index contributed by atoms with van der Waals surface area (Å²) in [5.74, 6) is -0.300. The number of benzene rings is 2. The zero-order valence-electron chi connectivity index (χ0n) is 18.2. The number of aliphatic imine (C=N–C) groups is 1. The molecule has 11 heteroatoms. The molecule has 6 nitrogen and oxygen atoms in total. The van der Waals surface area contributed by atoms with Gasteiger partial charge in [0, 0.05) is 18.7 Å². The van der Waals surface area contributed by atoms with Gasteiger partial charge in [0.15, 0.2) is 5.17 Å². The van der Waals surface area contributed by atoms with Crippen LogP contribution in [0, 0.1) is 0 Å². The van der Waals surface area contributed by atoms with E-state index in [9.17, 15) is 22.8 Å². The molecule has 0 saturated carbocycles. The van der Waals surface area contributed by atoms with Crippen molar-refractivity contribution in [2.75, 3.05) is 14.2 Å². The molecule has 0 N–H and O–H groups in total. The fourth-order valence-corrected chi connectivity index (χ4v) is 4.35. The summed E-state index contributed by atoms with van der Waals surface area (Å²) >= 11 is 6.79. The minimum atomic E-state index is -4.60. The van der Waals surface area contributed by atoms with Crippen LogP contribution in [0.15, 0.2) is 68.9 Å². The highest BCUT2D eigenvalue weighted by Crippen LogP contribution is 2.38. The topological polar surface area (TPSA) is 72.1 Å². The van der Waals surface area contributed by atoms with E-state index in [1.165, 1.54) is 30.2 Å². The first-order valence-electron chi connectivity index (χ1n) is 9.98. The lowest BCUT2D eigenvalue weighted by Crippen LogP contribution is -2.23. The van der Waals surface area contributed by atoms with Gasteiger partial charge in [0.1, 0.15) is 11.5 Å². The maximum absolute atomic E-state index is 13.2. The van der Waals surface area contributed by atoms with Gasteiger partial charge in [-0.25, -0.2) is 9.79 Å². The average Bonchev–Trinajstić information content (AvgIpc) is 3.39. The number of thioether (sulfide) groups is 1. The number of likely N-dealkylation sites (N-methyl/N-ethyl adjacent to an activating group) is 1. The molecule has 0 radical (unpaired) electrons. The van der Waals surface area contributed by atoms with E-state index in [0.717, 1.165) is 23.9 Å². The number of ether oxygens (including phenoxy) is 1. The van der Waals surface area contributed by atoms with E-state index in [1.54, 1.807) is 37.4 Å². The molecule has 0 spiro atoms. The molecule has 1 amide bonds. The second-order valence-electron chi connectivity index (χ2n) is 7.30. The molecule has 0 aliphatic carbocycles. The number of halogens is 4. The molecule has 1 aliphatic heterocycles. The zero-order chi connectivity index (χ0) is 25.3. The van der Waals surface area contributed by atoms with Crippen LogP contribution >= 0.6 is 23.4 Å². The van der Waals surface area contributed by atoms with Gasteiger partial charge in [-0.3, -0.25) is 9.69 Å². The third-order valence-corrected chi connectivity index (χ3v) is 6.36. The summed E-state index contributed by atoms with van der Waals surface area (Å²) in [7, 11) is 2.86. The van der Waals surface area contributed by atoms with E-state index < -0.39 is 22.7 Å². The van der Waals surface area contributed by atoms with E-state index >= 15 is 0 Å². The molecule has 180 valence electrons. The van der Waals surface area contributed by atoms with Crippen molar-refractivity contribution in [1.82, 2.24) is 4.90 Å². The van der Waals surface area contributed by atoms with Crippen molar-refractivity contribution in [3.63, 3.8) is 0 Å². The number of methoxy groups -OCH3 is 1. The largest absolute Gasteiger partial charge is 0.465 e. The highest BCUT2D eigenvalue weighted by atomic mass is 35.5. The fourth-order valence-electron chi connectivity index (χ4n) is 3.16. The monoisotopic (exact) mass is 520 g/mol. The van der Waals surface area contributed by atoms with Crippen molar-refractivity contribution < 1.29 is 31.9 Å². The van der Waals surface area contributed by atoms with E-state index in [2.05, 4.69) is 9.73 Å². The van der Waals surface area contributed by atoms with Crippen molar-refractivity contribution in [3.05, 3.63) is 81.4 Å². The number of hydrogen-bond donors (Lipinski definition) is 0. The molecular formula is C24H16ClF3N2O4S. The van der Waals surface area contributed by atoms with Crippen LogP contribution in [0.3, 0.4) is 0 Å². The smallest absolute Gasteiger partial charge is 0.417 e. The Hall–Kier alpha value is -3.50. The van der Waals surface area contributed by atoms with Gasteiger partial charge < -0.3 is 9.15 Å². The first kappa shape index (κ1) is 24.6. The summed E-state index contributed by atoms with van der Waals surface area (Å²) in [5.41, 5.74) is 0.143. The Kier molecular flexibility index (Phi) is 6.77. The van der Waals surface area contributed by atoms with Gasteiger partial charge in [-0.15, -0.1) is 0 Å². The Morgan fingerprint density at radius 3 is 2.51 bits per heavy atom. The number of hydrogen-bond acceptors (Lipinski definition) is 6. The Morgan fingerprint density at radius 1 is 1.14 bits per heavy atom. The maximum Gasteiger partial charge on any atom is 0.417 e. The van der Waals surface area contributed by atoms with Crippen LogP contribution in [0.5, 0.6) is 0 Å². The summed E-state index contributed by atoms with van der Waals surface area (Å²) in [6, 6.07) is 12.9. The van der Waals surface area contributed by atoms with Gasteiger partial charge in [-0.2, -0.15) is 13.2 Å². The molecular weight excluding hydrogens is 505 g/mol. The highest BCUT2D eigenvalue weighted by Gasteiger charge is 2.34. The Balaban J connectivity index is 1.56. The number of carbonyl (C=O) groups is 2. The van der Waals surface area contributed by atoms with E-state index in [1.807, 2.05) is 0 Å². The third kappa shape index (κ3) is 5.28. The molecule has 3 aromatic rings. The summed E-state index contributed by atoms with van der Waals surface area (Å²) in [6.45, 7) is 0. The van der Waals surface area contributed by atoms with Crippen LogP contribution in [-0.4, -0.2) is 36.1 Å². The van der Waals surface area contributed by atoms with Crippen molar-refractivity contribution in [2.45, 2.75) is 6.18 Å². The van der Waals surface area contributed by atoms with Crippen LogP contribution < -0.4 is 0 Å². The Bertz CT molecular complexity index is 1360. The number of furan rings is 1. The van der Waals surface area contributed by atoms with E-state index in [4.69, 9.17) is 16.0 Å². The standard InChI is InChI=1S/C24H16ClF3N2O4S/c1-30-21(31)20(35-23(30)29-15-6-3-13(4-7-15)22(32)33-2)12-16-8-10-19(34-16)14-5-9-18(25)17(11-14)24(26,27)28/h3-12H,1-2H3/b20-12-,29-23?. The molecule has 1 aromatic heterocycles. The first-order valence-corrected chi connectivity index (χ1v) is 11.2. The SMILES string of the molecule is COC(=O)c1ccc(N=C2S/C(=C\c3ccc(-c4ccc(Cl)c(C(F)(F)F)c4)o3)C(=O)N2C)cc1. The predicted molar refractivity (Wildman–Crippen MR) is 127 cm³/mol. The third-order valence-electron chi connectivity index (χ3n) is 4.97. The van der Waals surface area contributed by atoms with Gasteiger partial charge in [-0.1, -0.05) is 11.6 Å². The lowest BCUT2D eigenvalue weighted by atomic mass is 10.1. The van der Waals surface area contributed by atoms with Gasteiger partial charge in [0.05, 0.1) is 33.9 Å². The molecule has 0 bridgehead atoms.